The minimum absolute atomic E-state index is 0.0445. The Morgan fingerprint density at radius 2 is 2.09 bits per heavy atom. The first-order chi connectivity index (χ1) is 10.6. The number of likely N-dealkylation sites (tertiary alicyclic amines) is 1. The third-order valence-electron chi connectivity index (χ3n) is 4.28. The van der Waals surface area contributed by atoms with Crippen LogP contribution in [0.4, 0.5) is 4.79 Å². The highest BCUT2D eigenvalue weighted by molar-refractivity contribution is 7.92. The summed E-state index contributed by atoms with van der Waals surface area (Å²) in [6.45, 7) is 1.45. The molecule has 1 aromatic rings. The molecular weight excluding hydrogens is 304 g/mol. The average Bonchev–Trinajstić information content (AvgIpc) is 2.53. The van der Waals surface area contributed by atoms with Crippen molar-refractivity contribution >= 4 is 15.9 Å². The maximum absolute atomic E-state index is 12.1. The number of sulfone groups is 1. The lowest BCUT2D eigenvalue weighted by Crippen LogP contribution is -2.61. The fourth-order valence-corrected chi connectivity index (χ4v) is 4.87. The number of hydrogen-bond acceptors (Lipinski definition) is 5. The highest BCUT2D eigenvalue weighted by Gasteiger charge is 2.42. The van der Waals surface area contributed by atoms with E-state index in [1.807, 2.05) is 30.3 Å². The van der Waals surface area contributed by atoms with Crippen molar-refractivity contribution in [2.75, 3.05) is 25.4 Å². The molecule has 0 spiro atoms. The molecule has 22 heavy (non-hydrogen) atoms. The van der Waals surface area contributed by atoms with Crippen LogP contribution in [0.5, 0.6) is 0 Å². The van der Waals surface area contributed by atoms with Crippen molar-refractivity contribution in [2.24, 2.45) is 0 Å². The summed E-state index contributed by atoms with van der Waals surface area (Å²) in [7, 11) is -3.13. The molecule has 2 heterocycles. The van der Waals surface area contributed by atoms with E-state index in [1.165, 1.54) is 4.90 Å². The van der Waals surface area contributed by atoms with Crippen molar-refractivity contribution in [2.45, 2.75) is 24.3 Å². The fraction of sp³-hybridized carbons (Fsp3) is 0.533. The van der Waals surface area contributed by atoms with Crippen LogP contribution >= 0.6 is 0 Å². The molecule has 1 N–H and O–H groups in total. The monoisotopic (exact) mass is 324 g/mol. The fourth-order valence-electron chi connectivity index (χ4n) is 3.03. The molecule has 2 aliphatic heterocycles. The highest BCUT2D eigenvalue weighted by Crippen LogP contribution is 2.22. The van der Waals surface area contributed by atoms with Crippen LogP contribution in [0.25, 0.3) is 0 Å². The topological polar surface area (TPSA) is 75.7 Å². The Labute approximate surface area is 130 Å². The van der Waals surface area contributed by atoms with Gasteiger partial charge in [-0.2, -0.15) is 0 Å². The number of piperidine rings is 1. The molecule has 7 heteroatoms. The number of amides is 1. The Kier molecular flexibility index (Phi) is 4.35. The van der Waals surface area contributed by atoms with Crippen LogP contribution < -0.4 is 5.32 Å². The second-order valence-electron chi connectivity index (χ2n) is 5.74. The predicted molar refractivity (Wildman–Crippen MR) is 82.2 cm³/mol. The summed E-state index contributed by atoms with van der Waals surface area (Å²) in [5.41, 5.74) is 0.915. The standard InChI is InChI=1S/C15H20N2O4S/c18-15(21-11-12-4-2-1-3-5-12)17-8-6-13-14(10-17)22(19,20)9-7-16-13/h1-5,13-14,16H,6-11H2. The number of nitrogens with one attached hydrogen (secondary N) is 1. The first kappa shape index (κ1) is 15.3. The van der Waals surface area contributed by atoms with Gasteiger partial charge >= 0.3 is 6.09 Å². The lowest BCUT2D eigenvalue weighted by Gasteiger charge is -2.40. The van der Waals surface area contributed by atoms with E-state index in [0.717, 1.165) is 5.56 Å². The van der Waals surface area contributed by atoms with Gasteiger partial charge in [-0.1, -0.05) is 30.3 Å². The molecule has 6 nitrogen and oxygen atoms in total. The lowest BCUT2D eigenvalue weighted by atomic mass is 10.0. The second kappa shape index (κ2) is 6.26. The Morgan fingerprint density at radius 1 is 1.32 bits per heavy atom. The Balaban J connectivity index is 1.60. The van der Waals surface area contributed by atoms with Gasteiger partial charge in [0, 0.05) is 25.7 Å². The van der Waals surface area contributed by atoms with Crippen LogP contribution in [0.3, 0.4) is 0 Å². The smallest absolute Gasteiger partial charge is 0.410 e. The molecular formula is C15H20N2O4S. The van der Waals surface area contributed by atoms with Crippen LogP contribution in [-0.4, -0.2) is 56.1 Å². The summed E-state index contributed by atoms with van der Waals surface area (Å²) in [6, 6.07) is 9.39. The summed E-state index contributed by atoms with van der Waals surface area (Å²) >= 11 is 0. The summed E-state index contributed by atoms with van der Waals surface area (Å²) < 4.78 is 29.6. The average molecular weight is 324 g/mol. The zero-order chi connectivity index (χ0) is 15.6. The molecule has 2 aliphatic rings. The maximum Gasteiger partial charge on any atom is 0.410 e. The van der Waals surface area contributed by atoms with Crippen LogP contribution in [0.2, 0.25) is 0 Å². The second-order valence-corrected chi connectivity index (χ2v) is 8.08. The molecule has 2 fully saturated rings. The van der Waals surface area contributed by atoms with Crippen LogP contribution in [0, 0.1) is 0 Å². The molecule has 1 aromatic carbocycles. The molecule has 120 valence electrons. The number of nitrogens with zero attached hydrogens (tertiary/aromatic N) is 1. The molecule has 3 rings (SSSR count). The normalized spacial score (nSPS) is 27.0. The molecule has 1 amide bonds. The predicted octanol–water partition coefficient (Wildman–Crippen LogP) is 0.784. The molecule has 2 saturated heterocycles. The number of carbonyl (C=O) groups is 1. The summed E-state index contributed by atoms with van der Waals surface area (Å²) in [4.78, 5) is 13.7. The minimum atomic E-state index is -3.13. The molecule has 0 radical (unpaired) electrons. The van der Waals surface area contributed by atoms with Gasteiger partial charge in [0.1, 0.15) is 6.61 Å². The van der Waals surface area contributed by atoms with Gasteiger partial charge in [-0.15, -0.1) is 0 Å². The SMILES string of the molecule is O=C(OCc1ccccc1)N1CCC2NCCS(=O)(=O)C2C1. The van der Waals surface area contributed by atoms with Crippen LogP contribution in [0.15, 0.2) is 30.3 Å². The van der Waals surface area contributed by atoms with E-state index in [2.05, 4.69) is 5.32 Å². The quantitative estimate of drug-likeness (QED) is 0.870. The zero-order valence-electron chi connectivity index (χ0n) is 12.3. The van der Waals surface area contributed by atoms with Gasteiger partial charge in [-0.05, 0) is 12.0 Å². The maximum atomic E-state index is 12.1. The highest BCUT2D eigenvalue weighted by atomic mass is 32.2. The van der Waals surface area contributed by atoms with Crippen LogP contribution in [0.1, 0.15) is 12.0 Å². The summed E-state index contributed by atoms with van der Waals surface area (Å²) in [5, 5.41) is 2.72. The van der Waals surface area contributed by atoms with E-state index in [0.29, 0.717) is 19.5 Å². The number of carbonyl (C=O) groups excluding carboxylic acids is 1. The van der Waals surface area contributed by atoms with Crippen molar-refractivity contribution in [1.29, 1.82) is 0 Å². The van der Waals surface area contributed by atoms with E-state index >= 15 is 0 Å². The number of benzene rings is 1. The van der Waals surface area contributed by atoms with Crippen molar-refractivity contribution in [3.05, 3.63) is 35.9 Å². The van der Waals surface area contributed by atoms with E-state index in [9.17, 15) is 13.2 Å². The van der Waals surface area contributed by atoms with Gasteiger partial charge in [-0.3, -0.25) is 0 Å². The number of fused-ring (bicyclic) bond motifs is 1. The van der Waals surface area contributed by atoms with Crippen molar-refractivity contribution in [1.82, 2.24) is 10.2 Å². The van der Waals surface area contributed by atoms with Gasteiger partial charge in [0.15, 0.2) is 9.84 Å². The zero-order valence-corrected chi connectivity index (χ0v) is 13.1. The largest absolute Gasteiger partial charge is 0.445 e. The summed E-state index contributed by atoms with van der Waals surface area (Å²) in [5.74, 6) is 0.140. The van der Waals surface area contributed by atoms with E-state index < -0.39 is 21.2 Å². The van der Waals surface area contributed by atoms with Crippen molar-refractivity contribution < 1.29 is 17.9 Å². The number of hydrogen-bond donors (Lipinski definition) is 1. The molecule has 2 atom stereocenters. The van der Waals surface area contributed by atoms with Gasteiger partial charge in [0.25, 0.3) is 0 Å². The van der Waals surface area contributed by atoms with Gasteiger partial charge < -0.3 is 15.0 Å². The Hall–Kier alpha value is -1.60. The first-order valence-corrected chi connectivity index (χ1v) is 9.18. The lowest BCUT2D eigenvalue weighted by molar-refractivity contribution is 0.0856. The molecule has 0 bridgehead atoms. The minimum Gasteiger partial charge on any atom is -0.445 e. The third kappa shape index (κ3) is 3.25. The number of ether oxygens (including phenoxy) is 1. The third-order valence-corrected chi connectivity index (χ3v) is 6.45. The first-order valence-electron chi connectivity index (χ1n) is 7.47. The van der Waals surface area contributed by atoms with E-state index in [1.54, 1.807) is 0 Å². The van der Waals surface area contributed by atoms with Gasteiger partial charge in [0.2, 0.25) is 0 Å². The number of rotatable bonds is 2. The van der Waals surface area contributed by atoms with Gasteiger partial charge in [0.05, 0.1) is 11.0 Å². The Morgan fingerprint density at radius 3 is 2.86 bits per heavy atom. The van der Waals surface area contributed by atoms with Crippen LogP contribution in [-0.2, 0) is 21.2 Å². The van der Waals surface area contributed by atoms with E-state index in [-0.39, 0.29) is 24.9 Å². The summed E-state index contributed by atoms with van der Waals surface area (Å²) in [6.07, 6.45) is 0.202. The van der Waals surface area contributed by atoms with Crippen molar-refractivity contribution in [3.8, 4) is 0 Å². The Bertz CT molecular complexity index is 632. The van der Waals surface area contributed by atoms with Crippen molar-refractivity contribution in [3.63, 3.8) is 0 Å². The van der Waals surface area contributed by atoms with Gasteiger partial charge in [-0.25, -0.2) is 13.2 Å². The molecule has 0 aromatic heterocycles. The molecule has 2 unspecified atom stereocenters. The molecule has 0 saturated carbocycles. The van der Waals surface area contributed by atoms with E-state index in [4.69, 9.17) is 4.74 Å². The molecule has 0 aliphatic carbocycles.